The molecule has 120 valence electrons. The highest BCUT2D eigenvalue weighted by Crippen LogP contribution is 2.23. The fraction of sp³-hybridized carbons (Fsp3) is 0.500. The molecule has 0 bridgehead atoms. The maximum atomic E-state index is 11.9. The topological polar surface area (TPSA) is 58.6 Å². The van der Waals surface area contributed by atoms with Crippen LogP contribution in [0.5, 0.6) is 0 Å². The molecule has 2 amide bonds. The number of hydrogen-bond acceptors (Lipinski definition) is 3. The van der Waals surface area contributed by atoms with Crippen molar-refractivity contribution in [1.29, 1.82) is 0 Å². The summed E-state index contributed by atoms with van der Waals surface area (Å²) in [5.41, 5.74) is 1.93. The summed E-state index contributed by atoms with van der Waals surface area (Å²) in [6, 6.07) is 5.78. The average molecular weight is 369 g/mol. The normalized spacial score (nSPS) is 17.3. The van der Waals surface area contributed by atoms with Crippen LogP contribution in [0.1, 0.15) is 25.3 Å². The summed E-state index contributed by atoms with van der Waals surface area (Å²) in [4.78, 5) is 25.4. The zero-order valence-electron chi connectivity index (χ0n) is 12.9. The molecule has 0 aromatic heterocycles. The summed E-state index contributed by atoms with van der Waals surface area (Å²) in [6.07, 6.45) is 1.36. The van der Waals surface area contributed by atoms with Crippen LogP contribution in [0, 0.1) is 6.92 Å². The molecule has 1 atom stereocenters. The van der Waals surface area contributed by atoms with E-state index in [1.807, 2.05) is 25.1 Å². The predicted octanol–water partition coefficient (Wildman–Crippen LogP) is 2.41. The molecule has 0 saturated carbocycles. The summed E-state index contributed by atoms with van der Waals surface area (Å²) < 4.78 is 6.29. The molecule has 1 aromatic rings. The molecule has 2 rings (SSSR count). The van der Waals surface area contributed by atoms with Gasteiger partial charge in [0.15, 0.2) is 0 Å². The Morgan fingerprint density at radius 2 is 2.23 bits per heavy atom. The highest BCUT2D eigenvalue weighted by atomic mass is 79.9. The van der Waals surface area contributed by atoms with Crippen molar-refractivity contribution in [3.63, 3.8) is 0 Å². The quantitative estimate of drug-likeness (QED) is 0.867. The number of carbonyl (C=O) groups excluding carboxylic acids is 2. The van der Waals surface area contributed by atoms with Crippen molar-refractivity contribution < 1.29 is 14.3 Å². The van der Waals surface area contributed by atoms with E-state index in [9.17, 15) is 9.59 Å². The van der Waals surface area contributed by atoms with Crippen molar-refractivity contribution in [3.05, 3.63) is 28.2 Å². The highest BCUT2D eigenvalue weighted by molar-refractivity contribution is 9.10. The van der Waals surface area contributed by atoms with Crippen molar-refractivity contribution in [2.45, 2.75) is 32.8 Å². The Hall–Kier alpha value is -1.40. The lowest BCUT2D eigenvalue weighted by atomic mass is 10.2. The van der Waals surface area contributed by atoms with E-state index in [2.05, 4.69) is 21.2 Å². The molecule has 1 fully saturated rings. The standard InChI is InChI=1S/C16H21BrN2O3/c1-11-5-6-13(10-14(11)17)19(12(2)20)8-7-18-16(21)15-4-3-9-22-15/h5-6,10,15H,3-4,7-9H2,1-2H3,(H,18,21). The molecular weight excluding hydrogens is 348 g/mol. The molecule has 1 aromatic carbocycles. The van der Waals surface area contributed by atoms with Gasteiger partial charge in [-0.1, -0.05) is 22.0 Å². The number of nitrogens with zero attached hydrogens (tertiary/aromatic N) is 1. The van der Waals surface area contributed by atoms with E-state index < -0.39 is 0 Å². The van der Waals surface area contributed by atoms with E-state index >= 15 is 0 Å². The second-order valence-corrected chi connectivity index (χ2v) is 6.25. The largest absolute Gasteiger partial charge is 0.368 e. The third-order valence-electron chi connectivity index (χ3n) is 3.70. The molecule has 1 unspecified atom stereocenters. The van der Waals surface area contributed by atoms with Gasteiger partial charge in [-0.2, -0.15) is 0 Å². The number of amides is 2. The van der Waals surface area contributed by atoms with Crippen LogP contribution >= 0.6 is 15.9 Å². The molecule has 6 heteroatoms. The molecule has 1 saturated heterocycles. The van der Waals surface area contributed by atoms with Gasteiger partial charge in [-0.25, -0.2) is 0 Å². The van der Waals surface area contributed by atoms with Crippen LogP contribution in [-0.4, -0.2) is 37.6 Å². The summed E-state index contributed by atoms with van der Waals surface area (Å²) >= 11 is 3.48. The summed E-state index contributed by atoms with van der Waals surface area (Å²) in [5, 5.41) is 2.84. The zero-order valence-corrected chi connectivity index (χ0v) is 14.5. The number of anilines is 1. The highest BCUT2D eigenvalue weighted by Gasteiger charge is 2.23. The van der Waals surface area contributed by atoms with E-state index in [1.54, 1.807) is 4.90 Å². The first-order valence-corrected chi connectivity index (χ1v) is 8.22. The SMILES string of the molecule is CC(=O)N(CCNC(=O)C1CCCO1)c1ccc(C)c(Br)c1. The summed E-state index contributed by atoms with van der Waals surface area (Å²) in [7, 11) is 0. The van der Waals surface area contributed by atoms with Crippen LogP contribution in [0.3, 0.4) is 0 Å². The molecule has 0 spiro atoms. The third kappa shape index (κ3) is 4.30. The molecule has 22 heavy (non-hydrogen) atoms. The number of carbonyl (C=O) groups is 2. The van der Waals surface area contributed by atoms with Gasteiger partial charge in [0.2, 0.25) is 11.8 Å². The first-order chi connectivity index (χ1) is 10.5. The van der Waals surface area contributed by atoms with Crippen LogP contribution in [0.25, 0.3) is 0 Å². The Bertz CT molecular complexity index is 556. The van der Waals surface area contributed by atoms with E-state index in [1.165, 1.54) is 6.92 Å². The lowest BCUT2D eigenvalue weighted by Crippen LogP contribution is -2.41. The monoisotopic (exact) mass is 368 g/mol. The molecule has 1 aliphatic rings. The van der Waals surface area contributed by atoms with Gasteiger partial charge in [0.1, 0.15) is 6.10 Å². The fourth-order valence-corrected chi connectivity index (χ4v) is 2.77. The second kappa shape index (κ2) is 7.74. The smallest absolute Gasteiger partial charge is 0.249 e. The van der Waals surface area contributed by atoms with Gasteiger partial charge in [0, 0.05) is 36.8 Å². The van der Waals surface area contributed by atoms with Crippen molar-refractivity contribution >= 4 is 33.4 Å². The van der Waals surface area contributed by atoms with Gasteiger partial charge >= 0.3 is 0 Å². The number of aryl methyl sites for hydroxylation is 1. The van der Waals surface area contributed by atoms with Crippen LogP contribution in [0.4, 0.5) is 5.69 Å². The minimum absolute atomic E-state index is 0.0536. The summed E-state index contributed by atoms with van der Waals surface area (Å²) in [5.74, 6) is -0.145. The molecule has 0 aliphatic carbocycles. The maximum Gasteiger partial charge on any atom is 0.249 e. The minimum Gasteiger partial charge on any atom is -0.368 e. The lowest BCUT2D eigenvalue weighted by molar-refractivity contribution is -0.130. The Labute approximate surface area is 139 Å². The Morgan fingerprint density at radius 3 is 2.82 bits per heavy atom. The lowest BCUT2D eigenvalue weighted by Gasteiger charge is -2.22. The fourth-order valence-electron chi connectivity index (χ4n) is 2.41. The Morgan fingerprint density at radius 1 is 1.45 bits per heavy atom. The van der Waals surface area contributed by atoms with Crippen molar-refractivity contribution in [1.82, 2.24) is 5.32 Å². The number of nitrogens with one attached hydrogen (secondary N) is 1. The summed E-state index contributed by atoms with van der Waals surface area (Å²) in [6.45, 7) is 5.01. The van der Waals surface area contributed by atoms with E-state index in [-0.39, 0.29) is 17.9 Å². The molecule has 1 aliphatic heterocycles. The van der Waals surface area contributed by atoms with Crippen LogP contribution in [0.2, 0.25) is 0 Å². The number of hydrogen-bond donors (Lipinski definition) is 1. The zero-order chi connectivity index (χ0) is 16.1. The van der Waals surface area contributed by atoms with Crippen molar-refractivity contribution in [3.8, 4) is 0 Å². The second-order valence-electron chi connectivity index (χ2n) is 5.40. The van der Waals surface area contributed by atoms with Crippen molar-refractivity contribution in [2.24, 2.45) is 0 Å². The molecular formula is C16H21BrN2O3. The molecule has 5 nitrogen and oxygen atoms in total. The van der Waals surface area contributed by atoms with Gasteiger partial charge in [-0.15, -0.1) is 0 Å². The van der Waals surface area contributed by atoms with Crippen LogP contribution in [0.15, 0.2) is 22.7 Å². The van der Waals surface area contributed by atoms with E-state index in [4.69, 9.17) is 4.74 Å². The van der Waals surface area contributed by atoms with E-state index in [0.29, 0.717) is 19.7 Å². The van der Waals surface area contributed by atoms with E-state index in [0.717, 1.165) is 28.6 Å². The van der Waals surface area contributed by atoms with Gasteiger partial charge < -0.3 is 15.0 Å². The predicted molar refractivity (Wildman–Crippen MR) is 88.9 cm³/mol. The number of ether oxygens (including phenoxy) is 1. The van der Waals surface area contributed by atoms with Crippen LogP contribution < -0.4 is 10.2 Å². The van der Waals surface area contributed by atoms with Gasteiger partial charge in [-0.05, 0) is 37.5 Å². The van der Waals surface area contributed by atoms with Gasteiger partial charge in [-0.3, -0.25) is 9.59 Å². The average Bonchev–Trinajstić information content (AvgIpc) is 3.00. The number of rotatable bonds is 5. The molecule has 1 N–H and O–H groups in total. The Kier molecular flexibility index (Phi) is 5.97. The maximum absolute atomic E-state index is 11.9. The first kappa shape index (κ1) is 17.0. The number of halogens is 1. The number of benzene rings is 1. The van der Waals surface area contributed by atoms with Gasteiger partial charge in [0.05, 0.1) is 0 Å². The first-order valence-electron chi connectivity index (χ1n) is 7.42. The molecule has 0 radical (unpaired) electrons. The minimum atomic E-state index is -0.334. The van der Waals surface area contributed by atoms with Gasteiger partial charge in [0.25, 0.3) is 0 Å². The third-order valence-corrected chi connectivity index (χ3v) is 4.56. The Balaban J connectivity index is 1.93. The van der Waals surface area contributed by atoms with Crippen molar-refractivity contribution in [2.75, 3.05) is 24.6 Å². The molecule has 1 heterocycles. The van der Waals surface area contributed by atoms with Crippen LogP contribution in [-0.2, 0) is 14.3 Å².